The standard InChI is InChI=1S/C13H18N4O4/c1-8-6-16(7-9(2)21-8)13(18)11-5-10(17(19)20)3-4-12(11)15-14/h3-5,8-9,15H,6-7,14H2,1-2H3. The van der Waals surface area contributed by atoms with E-state index in [0.717, 1.165) is 0 Å². The highest BCUT2D eigenvalue weighted by Crippen LogP contribution is 2.24. The molecule has 114 valence electrons. The number of nitrogen functional groups attached to an aromatic ring is 1. The molecule has 1 amide bonds. The Balaban J connectivity index is 2.32. The molecule has 8 nitrogen and oxygen atoms in total. The van der Waals surface area contributed by atoms with Crippen molar-refractivity contribution in [3.63, 3.8) is 0 Å². The summed E-state index contributed by atoms with van der Waals surface area (Å²) in [6.07, 6.45) is -0.156. The molecule has 0 saturated carbocycles. The summed E-state index contributed by atoms with van der Waals surface area (Å²) in [4.78, 5) is 24.5. The van der Waals surface area contributed by atoms with Gasteiger partial charge in [0.25, 0.3) is 11.6 Å². The summed E-state index contributed by atoms with van der Waals surface area (Å²) in [5, 5.41) is 10.9. The number of non-ortho nitro benzene ring substituents is 1. The second kappa shape index (κ2) is 6.06. The maximum atomic E-state index is 12.6. The lowest BCUT2D eigenvalue weighted by Gasteiger charge is -2.35. The molecule has 1 aliphatic rings. The minimum Gasteiger partial charge on any atom is -0.372 e. The quantitative estimate of drug-likeness (QED) is 0.491. The van der Waals surface area contributed by atoms with Gasteiger partial charge in [-0.2, -0.15) is 0 Å². The average molecular weight is 294 g/mol. The van der Waals surface area contributed by atoms with Crippen LogP contribution in [0.5, 0.6) is 0 Å². The Morgan fingerprint density at radius 1 is 1.43 bits per heavy atom. The number of amides is 1. The van der Waals surface area contributed by atoms with E-state index in [4.69, 9.17) is 10.6 Å². The van der Waals surface area contributed by atoms with Crippen LogP contribution in [0.1, 0.15) is 24.2 Å². The number of morpholine rings is 1. The SMILES string of the molecule is CC1CN(C(=O)c2cc([N+](=O)[O-])ccc2NN)CC(C)O1. The number of benzene rings is 1. The van der Waals surface area contributed by atoms with Crippen LogP contribution >= 0.6 is 0 Å². The van der Waals surface area contributed by atoms with Crippen molar-refractivity contribution in [2.45, 2.75) is 26.1 Å². The summed E-state index contributed by atoms with van der Waals surface area (Å²) in [5.41, 5.74) is 2.80. The number of nitro benzene ring substituents is 1. The van der Waals surface area contributed by atoms with Gasteiger partial charge in [0, 0.05) is 25.2 Å². The molecule has 2 unspecified atom stereocenters. The Hall–Kier alpha value is -2.19. The molecule has 8 heteroatoms. The molecule has 0 aromatic heterocycles. The maximum Gasteiger partial charge on any atom is 0.270 e. The molecule has 0 radical (unpaired) electrons. The third-order valence-corrected chi connectivity index (χ3v) is 3.31. The van der Waals surface area contributed by atoms with Gasteiger partial charge < -0.3 is 15.1 Å². The van der Waals surface area contributed by atoms with Crippen LogP contribution in [0.15, 0.2) is 18.2 Å². The first-order valence-electron chi connectivity index (χ1n) is 6.62. The second-order valence-electron chi connectivity index (χ2n) is 5.10. The van der Waals surface area contributed by atoms with Crippen LogP contribution in [-0.2, 0) is 4.74 Å². The van der Waals surface area contributed by atoms with E-state index in [9.17, 15) is 14.9 Å². The lowest BCUT2D eigenvalue weighted by Crippen LogP contribution is -2.48. The second-order valence-corrected chi connectivity index (χ2v) is 5.10. The zero-order valence-corrected chi connectivity index (χ0v) is 11.9. The van der Waals surface area contributed by atoms with Crippen molar-refractivity contribution < 1.29 is 14.5 Å². The first-order chi connectivity index (χ1) is 9.92. The molecule has 1 aliphatic heterocycles. The summed E-state index contributed by atoms with van der Waals surface area (Å²) in [5.74, 6) is 5.09. The molecule has 2 atom stereocenters. The number of hydrogen-bond donors (Lipinski definition) is 2. The molecule has 0 spiro atoms. The molecule has 1 fully saturated rings. The van der Waals surface area contributed by atoms with Crippen molar-refractivity contribution in [1.29, 1.82) is 0 Å². The van der Waals surface area contributed by atoms with Crippen LogP contribution in [-0.4, -0.2) is 41.0 Å². The van der Waals surface area contributed by atoms with E-state index in [1.54, 1.807) is 4.90 Å². The number of hydrazine groups is 1. The number of nitrogens with two attached hydrogens (primary N) is 1. The number of nitro groups is 1. The van der Waals surface area contributed by atoms with E-state index < -0.39 is 4.92 Å². The van der Waals surface area contributed by atoms with E-state index in [1.165, 1.54) is 18.2 Å². The number of ether oxygens (including phenoxy) is 1. The van der Waals surface area contributed by atoms with Crippen LogP contribution in [0, 0.1) is 10.1 Å². The average Bonchev–Trinajstić information content (AvgIpc) is 2.44. The Bertz CT molecular complexity index is 553. The van der Waals surface area contributed by atoms with Gasteiger partial charge >= 0.3 is 0 Å². The van der Waals surface area contributed by atoms with Gasteiger partial charge in [-0.3, -0.25) is 20.8 Å². The van der Waals surface area contributed by atoms with E-state index >= 15 is 0 Å². The summed E-state index contributed by atoms with van der Waals surface area (Å²) in [6, 6.07) is 3.97. The smallest absolute Gasteiger partial charge is 0.270 e. The van der Waals surface area contributed by atoms with E-state index in [-0.39, 0.29) is 29.4 Å². The van der Waals surface area contributed by atoms with E-state index in [2.05, 4.69) is 5.43 Å². The first-order valence-corrected chi connectivity index (χ1v) is 6.62. The maximum absolute atomic E-state index is 12.6. The number of nitrogens with zero attached hydrogens (tertiary/aromatic N) is 2. The lowest BCUT2D eigenvalue weighted by atomic mass is 10.1. The van der Waals surface area contributed by atoms with Crippen molar-refractivity contribution in [3.8, 4) is 0 Å². The Morgan fingerprint density at radius 2 is 2.05 bits per heavy atom. The molecule has 2 rings (SSSR count). The van der Waals surface area contributed by atoms with Gasteiger partial charge in [0.2, 0.25) is 0 Å². The fourth-order valence-electron chi connectivity index (χ4n) is 2.46. The zero-order valence-electron chi connectivity index (χ0n) is 11.9. The van der Waals surface area contributed by atoms with Crippen LogP contribution in [0.25, 0.3) is 0 Å². The number of carbonyl (C=O) groups excluding carboxylic acids is 1. The van der Waals surface area contributed by atoms with Gasteiger partial charge in [-0.1, -0.05) is 0 Å². The molecule has 1 aromatic rings. The third-order valence-electron chi connectivity index (χ3n) is 3.31. The van der Waals surface area contributed by atoms with Gasteiger partial charge in [0.1, 0.15) is 0 Å². The molecule has 21 heavy (non-hydrogen) atoms. The van der Waals surface area contributed by atoms with Gasteiger partial charge in [-0.25, -0.2) is 0 Å². The highest BCUT2D eigenvalue weighted by molar-refractivity contribution is 6.00. The van der Waals surface area contributed by atoms with Crippen molar-refractivity contribution in [2.75, 3.05) is 18.5 Å². The highest BCUT2D eigenvalue weighted by Gasteiger charge is 2.28. The van der Waals surface area contributed by atoms with Crippen LogP contribution in [0.3, 0.4) is 0 Å². The molecular weight excluding hydrogens is 276 g/mol. The predicted molar refractivity (Wildman–Crippen MR) is 76.8 cm³/mol. The van der Waals surface area contributed by atoms with E-state index in [0.29, 0.717) is 18.8 Å². The Kier molecular flexibility index (Phi) is 4.39. The molecule has 3 N–H and O–H groups in total. The van der Waals surface area contributed by atoms with Gasteiger partial charge in [0.15, 0.2) is 0 Å². The fraction of sp³-hybridized carbons (Fsp3) is 0.462. The number of hydrogen-bond acceptors (Lipinski definition) is 6. The van der Waals surface area contributed by atoms with E-state index in [1.807, 2.05) is 13.8 Å². The van der Waals surface area contributed by atoms with Crippen molar-refractivity contribution >= 4 is 17.3 Å². The molecular formula is C13H18N4O4. The molecule has 1 heterocycles. The molecule has 1 saturated heterocycles. The normalized spacial score (nSPS) is 22.0. The van der Waals surface area contributed by atoms with Crippen molar-refractivity contribution in [3.05, 3.63) is 33.9 Å². The fourth-order valence-corrected chi connectivity index (χ4v) is 2.46. The summed E-state index contributed by atoms with van der Waals surface area (Å²) in [6.45, 7) is 4.64. The summed E-state index contributed by atoms with van der Waals surface area (Å²) in [7, 11) is 0. The van der Waals surface area contributed by atoms with Gasteiger partial charge in [-0.05, 0) is 19.9 Å². The summed E-state index contributed by atoms with van der Waals surface area (Å²) < 4.78 is 5.58. The minimum absolute atomic E-state index is 0.0781. The van der Waals surface area contributed by atoms with Gasteiger partial charge in [0.05, 0.1) is 28.4 Å². The minimum atomic E-state index is -0.540. The van der Waals surface area contributed by atoms with Crippen molar-refractivity contribution in [2.24, 2.45) is 5.84 Å². The molecule has 0 aliphatic carbocycles. The molecule has 1 aromatic carbocycles. The lowest BCUT2D eigenvalue weighted by molar-refractivity contribution is -0.384. The Morgan fingerprint density at radius 3 is 2.57 bits per heavy atom. The van der Waals surface area contributed by atoms with Crippen molar-refractivity contribution in [1.82, 2.24) is 4.90 Å². The first kappa shape index (κ1) is 15.2. The number of rotatable bonds is 3. The topological polar surface area (TPSA) is 111 Å². The number of anilines is 1. The van der Waals surface area contributed by atoms with Crippen LogP contribution in [0.4, 0.5) is 11.4 Å². The third kappa shape index (κ3) is 3.29. The monoisotopic (exact) mass is 294 g/mol. The Labute approximate surface area is 122 Å². The molecule has 0 bridgehead atoms. The predicted octanol–water partition coefficient (Wildman–Crippen LogP) is 1.13. The van der Waals surface area contributed by atoms with Crippen LogP contribution < -0.4 is 11.3 Å². The number of carbonyl (C=O) groups is 1. The summed E-state index contributed by atoms with van der Waals surface area (Å²) >= 11 is 0. The highest BCUT2D eigenvalue weighted by atomic mass is 16.6. The largest absolute Gasteiger partial charge is 0.372 e. The van der Waals surface area contributed by atoms with Crippen LogP contribution in [0.2, 0.25) is 0 Å². The number of nitrogens with one attached hydrogen (secondary N) is 1. The van der Waals surface area contributed by atoms with Gasteiger partial charge in [-0.15, -0.1) is 0 Å². The zero-order chi connectivity index (χ0) is 15.6.